The third kappa shape index (κ3) is 2.67. The number of methoxy groups -OCH3 is 2. The summed E-state index contributed by atoms with van der Waals surface area (Å²) in [5.74, 6) is -0.315. The minimum absolute atomic E-state index is 0.0828. The van der Waals surface area contributed by atoms with Crippen molar-refractivity contribution >= 4 is 5.97 Å². The quantitative estimate of drug-likeness (QED) is 0.602. The maximum atomic E-state index is 10.6. The van der Waals surface area contributed by atoms with Crippen LogP contribution in [0.25, 0.3) is 0 Å². The monoisotopic (exact) mass is 204 g/mol. The Morgan fingerprint density at radius 1 is 1.43 bits per heavy atom. The van der Waals surface area contributed by atoms with Crippen molar-refractivity contribution in [1.82, 2.24) is 0 Å². The molecule has 0 amide bonds. The van der Waals surface area contributed by atoms with E-state index in [2.05, 4.69) is 0 Å². The first-order valence-electron chi connectivity index (χ1n) is 4.49. The zero-order valence-corrected chi connectivity index (χ0v) is 8.69. The Balaban J connectivity index is 2.41. The zero-order valence-electron chi connectivity index (χ0n) is 8.69. The molecule has 0 spiro atoms. The minimum atomic E-state index is -0.315. The molecular weight excluding hydrogens is 188 g/mol. The van der Waals surface area contributed by atoms with E-state index in [1.54, 1.807) is 14.2 Å². The molecule has 1 aliphatic heterocycles. The van der Waals surface area contributed by atoms with Crippen LogP contribution in [-0.4, -0.2) is 51.7 Å². The normalized spacial score (nSPS) is 31.8. The lowest BCUT2D eigenvalue weighted by Crippen LogP contribution is -2.36. The van der Waals surface area contributed by atoms with Crippen LogP contribution in [0.5, 0.6) is 0 Å². The molecule has 1 rings (SSSR count). The van der Waals surface area contributed by atoms with E-state index in [4.69, 9.17) is 18.9 Å². The Morgan fingerprint density at radius 3 is 2.64 bits per heavy atom. The number of carbonyl (C=O) groups excluding carboxylic acids is 1. The molecule has 3 unspecified atom stereocenters. The largest absolute Gasteiger partial charge is 0.463 e. The van der Waals surface area contributed by atoms with Gasteiger partial charge in [-0.2, -0.15) is 0 Å². The van der Waals surface area contributed by atoms with E-state index in [1.165, 1.54) is 6.92 Å². The van der Waals surface area contributed by atoms with Crippen molar-refractivity contribution in [3.8, 4) is 0 Å². The molecule has 0 aliphatic carbocycles. The summed E-state index contributed by atoms with van der Waals surface area (Å²) in [7, 11) is 3.19. The van der Waals surface area contributed by atoms with Crippen LogP contribution in [0.4, 0.5) is 0 Å². The van der Waals surface area contributed by atoms with E-state index < -0.39 is 0 Å². The molecule has 0 saturated carbocycles. The van der Waals surface area contributed by atoms with Gasteiger partial charge >= 0.3 is 5.97 Å². The summed E-state index contributed by atoms with van der Waals surface area (Å²) in [4.78, 5) is 10.6. The summed E-state index contributed by atoms with van der Waals surface area (Å²) in [6.07, 6.45) is -0.478. The average Bonchev–Trinajstić information content (AvgIpc) is 2.56. The van der Waals surface area contributed by atoms with Crippen LogP contribution in [0, 0.1) is 0 Å². The van der Waals surface area contributed by atoms with Crippen molar-refractivity contribution in [2.45, 2.75) is 25.2 Å². The van der Waals surface area contributed by atoms with Gasteiger partial charge in [-0.1, -0.05) is 0 Å². The number of esters is 1. The molecule has 0 radical (unpaired) electrons. The van der Waals surface area contributed by atoms with E-state index in [0.717, 1.165) is 0 Å². The maximum absolute atomic E-state index is 10.6. The Labute approximate surface area is 83.3 Å². The predicted octanol–water partition coefficient (Wildman–Crippen LogP) is -0.0217. The number of ether oxygens (including phenoxy) is 4. The van der Waals surface area contributed by atoms with Crippen molar-refractivity contribution in [2.24, 2.45) is 0 Å². The lowest BCUT2D eigenvalue weighted by molar-refractivity contribution is -0.146. The van der Waals surface area contributed by atoms with Crippen LogP contribution < -0.4 is 0 Å². The van der Waals surface area contributed by atoms with Crippen LogP contribution in [0.15, 0.2) is 0 Å². The fourth-order valence-corrected chi connectivity index (χ4v) is 1.50. The number of hydrogen-bond donors (Lipinski definition) is 0. The predicted molar refractivity (Wildman–Crippen MR) is 48.0 cm³/mol. The Bertz CT molecular complexity index is 194. The van der Waals surface area contributed by atoms with Gasteiger partial charge in [-0.25, -0.2) is 0 Å². The standard InChI is InChI=1S/C9H16O5/c1-6(10)13-5-8-9(12-3)7(11-2)4-14-8/h7-9H,4-5H2,1-3H3. The van der Waals surface area contributed by atoms with E-state index in [9.17, 15) is 4.79 Å². The first kappa shape index (κ1) is 11.4. The van der Waals surface area contributed by atoms with Gasteiger partial charge in [-0.05, 0) is 0 Å². The van der Waals surface area contributed by atoms with Crippen LogP contribution in [0.3, 0.4) is 0 Å². The summed E-state index contributed by atoms with van der Waals surface area (Å²) in [5, 5.41) is 0. The van der Waals surface area contributed by atoms with Gasteiger partial charge in [0.25, 0.3) is 0 Å². The van der Waals surface area contributed by atoms with Gasteiger partial charge < -0.3 is 18.9 Å². The summed E-state index contributed by atoms with van der Waals surface area (Å²) >= 11 is 0. The van der Waals surface area contributed by atoms with Crippen LogP contribution >= 0.6 is 0 Å². The van der Waals surface area contributed by atoms with Gasteiger partial charge in [0.05, 0.1) is 6.61 Å². The fourth-order valence-electron chi connectivity index (χ4n) is 1.50. The lowest BCUT2D eigenvalue weighted by atomic mass is 10.1. The third-order valence-electron chi connectivity index (χ3n) is 2.23. The van der Waals surface area contributed by atoms with Crippen molar-refractivity contribution in [3.05, 3.63) is 0 Å². The Hall–Kier alpha value is -0.650. The Morgan fingerprint density at radius 2 is 2.14 bits per heavy atom. The summed E-state index contributed by atoms with van der Waals surface area (Å²) < 4.78 is 20.6. The number of carbonyl (C=O) groups is 1. The van der Waals surface area contributed by atoms with Crippen molar-refractivity contribution in [1.29, 1.82) is 0 Å². The molecule has 0 N–H and O–H groups in total. The molecule has 1 heterocycles. The van der Waals surface area contributed by atoms with Gasteiger partial charge in [-0.15, -0.1) is 0 Å². The van der Waals surface area contributed by atoms with E-state index >= 15 is 0 Å². The highest BCUT2D eigenvalue weighted by atomic mass is 16.6. The molecule has 1 aliphatic rings. The molecule has 0 bridgehead atoms. The first-order valence-corrected chi connectivity index (χ1v) is 4.49. The number of hydrogen-bond acceptors (Lipinski definition) is 5. The second-order valence-electron chi connectivity index (χ2n) is 3.15. The van der Waals surface area contributed by atoms with Gasteiger partial charge in [0.2, 0.25) is 0 Å². The van der Waals surface area contributed by atoms with Gasteiger partial charge in [0, 0.05) is 21.1 Å². The lowest BCUT2D eigenvalue weighted by Gasteiger charge is -2.19. The van der Waals surface area contributed by atoms with E-state index in [0.29, 0.717) is 6.61 Å². The minimum Gasteiger partial charge on any atom is -0.463 e. The third-order valence-corrected chi connectivity index (χ3v) is 2.23. The molecule has 5 heteroatoms. The van der Waals surface area contributed by atoms with Crippen LogP contribution in [0.2, 0.25) is 0 Å². The molecule has 1 fully saturated rings. The second-order valence-corrected chi connectivity index (χ2v) is 3.15. The second kappa shape index (κ2) is 5.29. The number of rotatable bonds is 4. The maximum Gasteiger partial charge on any atom is 0.302 e. The Kier molecular flexibility index (Phi) is 4.31. The highest BCUT2D eigenvalue weighted by molar-refractivity contribution is 5.65. The van der Waals surface area contributed by atoms with Gasteiger partial charge in [0.1, 0.15) is 24.9 Å². The molecule has 14 heavy (non-hydrogen) atoms. The molecule has 3 atom stereocenters. The first-order chi connectivity index (χ1) is 6.69. The molecule has 0 aromatic rings. The summed E-state index contributed by atoms with van der Waals surface area (Å²) in [5.41, 5.74) is 0. The smallest absolute Gasteiger partial charge is 0.302 e. The van der Waals surface area contributed by atoms with Gasteiger partial charge in [0.15, 0.2) is 0 Å². The van der Waals surface area contributed by atoms with Crippen molar-refractivity contribution in [2.75, 3.05) is 27.4 Å². The zero-order chi connectivity index (χ0) is 10.6. The fraction of sp³-hybridized carbons (Fsp3) is 0.889. The van der Waals surface area contributed by atoms with Crippen LogP contribution in [-0.2, 0) is 23.7 Å². The van der Waals surface area contributed by atoms with Crippen molar-refractivity contribution in [3.63, 3.8) is 0 Å². The molecule has 0 aromatic carbocycles. The highest BCUT2D eigenvalue weighted by Crippen LogP contribution is 2.19. The summed E-state index contributed by atoms with van der Waals surface area (Å²) in [6, 6.07) is 0. The molecular formula is C9H16O5. The van der Waals surface area contributed by atoms with Crippen LogP contribution in [0.1, 0.15) is 6.92 Å². The molecule has 1 saturated heterocycles. The van der Waals surface area contributed by atoms with E-state index in [1.807, 2.05) is 0 Å². The summed E-state index contributed by atoms with van der Waals surface area (Å²) in [6.45, 7) is 2.05. The topological polar surface area (TPSA) is 54.0 Å². The van der Waals surface area contributed by atoms with E-state index in [-0.39, 0.29) is 30.9 Å². The molecule has 0 aromatic heterocycles. The van der Waals surface area contributed by atoms with Crippen molar-refractivity contribution < 1.29 is 23.7 Å². The molecule has 5 nitrogen and oxygen atoms in total. The highest BCUT2D eigenvalue weighted by Gasteiger charge is 2.38. The SMILES string of the molecule is COC1COC(COC(C)=O)C1OC. The van der Waals surface area contributed by atoms with Gasteiger partial charge in [-0.3, -0.25) is 4.79 Å². The molecule has 82 valence electrons. The average molecular weight is 204 g/mol.